The van der Waals surface area contributed by atoms with Crippen LogP contribution in [0, 0.1) is 5.82 Å². The highest BCUT2D eigenvalue weighted by Crippen LogP contribution is 2.21. The highest BCUT2D eigenvalue weighted by Gasteiger charge is 2.29. The van der Waals surface area contributed by atoms with Crippen molar-refractivity contribution in [2.75, 3.05) is 11.9 Å². The Bertz CT molecular complexity index is 983. The summed E-state index contributed by atoms with van der Waals surface area (Å²) < 4.78 is 13.0. The molecule has 1 saturated heterocycles. The van der Waals surface area contributed by atoms with Crippen molar-refractivity contribution in [1.29, 1.82) is 0 Å². The van der Waals surface area contributed by atoms with E-state index in [-0.39, 0.29) is 11.7 Å². The first-order chi connectivity index (χ1) is 13.1. The topological polar surface area (TPSA) is 78.1 Å². The maximum atomic E-state index is 13.0. The number of fused-ring (bicyclic) bond motifs is 1. The normalized spacial score (nSPS) is 16.6. The van der Waals surface area contributed by atoms with E-state index in [1.807, 2.05) is 12.1 Å². The highest BCUT2D eigenvalue weighted by molar-refractivity contribution is 5.97. The molecule has 0 aliphatic carbocycles. The number of H-pyrrole nitrogens is 1. The molecule has 1 aliphatic heterocycles. The number of likely N-dealkylation sites (tertiary alicyclic amines) is 1. The average Bonchev–Trinajstić information content (AvgIpc) is 3.29. The Labute approximate surface area is 155 Å². The third-order valence-electron chi connectivity index (χ3n) is 4.82. The Morgan fingerprint density at radius 2 is 2.11 bits per heavy atom. The number of carbonyl (C=O) groups excluding carboxylic acids is 2. The number of aromatic nitrogens is 2. The van der Waals surface area contributed by atoms with Crippen LogP contribution in [-0.4, -0.2) is 39.8 Å². The lowest BCUT2D eigenvalue weighted by atomic mass is 10.1. The van der Waals surface area contributed by atoms with E-state index in [0.717, 1.165) is 35.3 Å². The number of rotatable bonds is 5. The number of hydrogen-bond donors (Lipinski definition) is 2. The molecular weight excluding hydrogens is 347 g/mol. The van der Waals surface area contributed by atoms with Gasteiger partial charge in [-0.15, -0.1) is 0 Å². The molecule has 0 bridgehead atoms. The molecule has 1 aromatic heterocycles. The zero-order valence-corrected chi connectivity index (χ0v) is 14.6. The van der Waals surface area contributed by atoms with Gasteiger partial charge in [-0.05, 0) is 48.7 Å². The summed E-state index contributed by atoms with van der Waals surface area (Å²) in [6, 6.07) is 11.4. The van der Waals surface area contributed by atoms with Gasteiger partial charge >= 0.3 is 0 Å². The molecule has 0 spiro atoms. The van der Waals surface area contributed by atoms with E-state index >= 15 is 0 Å². The van der Waals surface area contributed by atoms with Gasteiger partial charge in [-0.2, -0.15) is 0 Å². The number of halogens is 1. The van der Waals surface area contributed by atoms with Gasteiger partial charge in [-0.1, -0.05) is 12.1 Å². The molecule has 138 valence electrons. The zero-order chi connectivity index (χ0) is 18.8. The van der Waals surface area contributed by atoms with E-state index in [2.05, 4.69) is 15.3 Å². The van der Waals surface area contributed by atoms with Crippen molar-refractivity contribution >= 4 is 29.0 Å². The fourth-order valence-electron chi connectivity index (χ4n) is 3.44. The molecule has 1 unspecified atom stereocenters. The summed E-state index contributed by atoms with van der Waals surface area (Å²) in [6.07, 6.45) is 2.81. The number of nitrogens with zero attached hydrogens (tertiary/aromatic N) is 2. The molecule has 7 heteroatoms. The summed E-state index contributed by atoms with van der Waals surface area (Å²) in [4.78, 5) is 32.8. The molecular formula is C20H19FN4O2. The minimum Gasteiger partial charge on any atom is -0.342 e. The zero-order valence-electron chi connectivity index (χ0n) is 14.6. The Morgan fingerprint density at radius 1 is 1.30 bits per heavy atom. The standard InChI is InChI=1S/C20H19FN4O2/c21-14-5-3-13(4-6-14)10-19-23-16-8-7-15(11-17(16)24-19)22-20(27)18-2-1-9-25(18)12-26/h3-8,11-12,18H,1-2,9-10H2,(H,22,27)(H,23,24). The van der Waals surface area contributed by atoms with Crippen LogP contribution in [0.3, 0.4) is 0 Å². The van der Waals surface area contributed by atoms with Gasteiger partial charge in [0, 0.05) is 18.7 Å². The SMILES string of the molecule is O=CN1CCCC1C(=O)Nc1ccc2nc(Cc3ccc(F)cc3)[nH]c2c1. The van der Waals surface area contributed by atoms with Crippen molar-refractivity contribution in [2.45, 2.75) is 25.3 Å². The maximum Gasteiger partial charge on any atom is 0.247 e. The summed E-state index contributed by atoms with van der Waals surface area (Å²) in [5.74, 6) is 0.326. The van der Waals surface area contributed by atoms with Gasteiger partial charge in [-0.3, -0.25) is 9.59 Å². The second-order valence-corrected chi connectivity index (χ2v) is 6.71. The third-order valence-corrected chi connectivity index (χ3v) is 4.82. The minimum absolute atomic E-state index is 0.176. The molecule has 27 heavy (non-hydrogen) atoms. The minimum atomic E-state index is -0.408. The number of benzene rings is 2. The van der Waals surface area contributed by atoms with Gasteiger partial charge in [0.2, 0.25) is 12.3 Å². The van der Waals surface area contributed by atoms with E-state index in [1.165, 1.54) is 17.0 Å². The monoisotopic (exact) mass is 366 g/mol. The number of imidazole rings is 1. The molecule has 2 amide bonds. The molecule has 1 atom stereocenters. The second kappa shape index (κ2) is 7.19. The van der Waals surface area contributed by atoms with Gasteiger partial charge in [-0.25, -0.2) is 9.37 Å². The molecule has 0 radical (unpaired) electrons. The van der Waals surface area contributed by atoms with E-state index < -0.39 is 6.04 Å². The number of nitrogens with one attached hydrogen (secondary N) is 2. The van der Waals surface area contributed by atoms with Gasteiger partial charge < -0.3 is 15.2 Å². The van der Waals surface area contributed by atoms with E-state index in [1.54, 1.807) is 18.2 Å². The van der Waals surface area contributed by atoms with Crippen LogP contribution >= 0.6 is 0 Å². The van der Waals surface area contributed by atoms with Gasteiger partial charge in [0.15, 0.2) is 0 Å². The fourth-order valence-corrected chi connectivity index (χ4v) is 3.44. The highest BCUT2D eigenvalue weighted by atomic mass is 19.1. The van der Waals surface area contributed by atoms with Crippen LogP contribution < -0.4 is 5.32 Å². The van der Waals surface area contributed by atoms with E-state index in [4.69, 9.17) is 0 Å². The quantitative estimate of drug-likeness (QED) is 0.682. The van der Waals surface area contributed by atoms with Crippen LogP contribution in [0.25, 0.3) is 11.0 Å². The molecule has 1 fully saturated rings. The maximum absolute atomic E-state index is 13.0. The number of amides is 2. The van der Waals surface area contributed by atoms with Crippen molar-refractivity contribution in [1.82, 2.24) is 14.9 Å². The molecule has 2 N–H and O–H groups in total. The number of aromatic amines is 1. The lowest BCUT2D eigenvalue weighted by molar-refractivity contribution is -0.127. The molecule has 3 aromatic rings. The van der Waals surface area contributed by atoms with Crippen LogP contribution in [0.2, 0.25) is 0 Å². The van der Waals surface area contributed by atoms with Crippen molar-refractivity contribution in [3.05, 3.63) is 59.7 Å². The Balaban J connectivity index is 1.49. The van der Waals surface area contributed by atoms with Crippen LogP contribution in [-0.2, 0) is 16.0 Å². The Morgan fingerprint density at radius 3 is 2.89 bits per heavy atom. The van der Waals surface area contributed by atoms with Crippen LogP contribution in [0.1, 0.15) is 24.2 Å². The van der Waals surface area contributed by atoms with Gasteiger partial charge in [0.05, 0.1) is 11.0 Å². The Hall–Kier alpha value is -3.22. The number of anilines is 1. The van der Waals surface area contributed by atoms with E-state index in [0.29, 0.717) is 25.1 Å². The predicted octanol–water partition coefficient (Wildman–Crippen LogP) is 2.85. The number of carbonyl (C=O) groups is 2. The van der Waals surface area contributed by atoms with Crippen molar-refractivity contribution in [3.63, 3.8) is 0 Å². The molecule has 1 aliphatic rings. The summed E-state index contributed by atoms with van der Waals surface area (Å²) in [7, 11) is 0. The first-order valence-corrected chi connectivity index (χ1v) is 8.87. The van der Waals surface area contributed by atoms with Crippen molar-refractivity contribution in [3.8, 4) is 0 Å². The molecule has 2 aromatic carbocycles. The largest absolute Gasteiger partial charge is 0.342 e. The molecule has 0 saturated carbocycles. The molecule has 6 nitrogen and oxygen atoms in total. The summed E-state index contributed by atoms with van der Waals surface area (Å²) in [6.45, 7) is 0.619. The predicted molar refractivity (Wildman–Crippen MR) is 99.7 cm³/mol. The molecule has 2 heterocycles. The van der Waals surface area contributed by atoms with Crippen molar-refractivity contribution < 1.29 is 14.0 Å². The lowest BCUT2D eigenvalue weighted by Gasteiger charge is -2.19. The fraction of sp³-hybridized carbons (Fsp3) is 0.250. The van der Waals surface area contributed by atoms with Crippen molar-refractivity contribution in [2.24, 2.45) is 0 Å². The van der Waals surface area contributed by atoms with E-state index in [9.17, 15) is 14.0 Å². The van der Waals surface area contributed by atoms with Crippen LogP contribution in [0.4, 0.5) is 10.1 Å². The first kappa shape index (κ1) is 17.2. The number of hydrogen-bond acceptors (Lipinski definition) is 3. The lowest BCUT2D eigenvalue weighted by Crippen LogP contribution is -2.38. The first-order valence-electron chi connectivity index (χ1n) is 8.87. The van der Waals surface area contributed by atoms with Gasteiger partial charge in [0.25, 0.3) is 0 Å². The van der Waals surface area contributed by atoms with Crippen LogP contribution in [0.15, 0.2) is 42.5 Å². The third kappa shape index (κ3) is 3.67. The van der Waals surface area contributed by atoms with Crippen LogP contribution in [0.5, 0.6) is 0 Å². The summed E-state index contributed by atoms with van der Waals surface area (Å²) >= 11 is 0. The second-order valence-electron chi connectivity index (χ2n) is 6.71. The summed E-state index contributed by atoms with van der Waals surface area (Å²) in [5.41, 5.74) is 3.21. The van der Waals surface area contributed by atoms with Gasteiger partial charge in [0.1, 0.15) is 17.7 Å². The molecule has 4 rings (SSSR count). The smallest absolute Gasteiger partial charge is 0.247 e. The average molecular weight is 366 g/mol. The summed E-state index contributed by atoms with van der Waals surface area (Å²) in [5, 5.41) is 2.88. The Kier molecular flexibility index (Phi) is 4.58.